The van der Waals surface area contributed by atoms with E-state index in [1.165, 1.54) is 86.0 Å². The van der Waals surface area contributed by atoms with E-state index in [2.05, 4.69) is 62.8 Å². The summed E-state index contributed by atoms with van der Waals surface area (Å²) in [4.78, 5) is 34.6. The van der Waals surface area contributed by atoms with Crippen LogP contribution in [0.4, 0.5) is 0 Å². The van der Waals surface area contributed by atoms with Crippen molar-refractivity contribution in [1.82, 2.24) is 52.7 Å². The van der Waals surface area contributed by atoms with Gasteiger partial charge >= 0.3 is 5.84 Å². The molecule has 0 amide bonds. The first kappa shape index (κ1) is 66.4. The van der Waals surface area contributed by atoms with E-state index in [-0.39, 0.29) is 141 Å². The van der Waals surface area contributed by atoms with Crippen LogP contribution < -0.4 is 14.2 Å². The quantitative estimate of drug-likeness (QED) is 0.122. The Hall–Kier alpha value is -16.7. The Bertz CT molecular complexity index is 10500. The molecule has 0 unspecified atom stereocenters. The highest BCUT2D eigenvalue weighted by atomic mass is 32.1. The molecule has 16 heteroatoms. The second-order valence-corrected chi connectivity index (χ2v) is 41.3. The molecule has 0 atom stereocenters. The van der Waals surface area contributed by atoms with Crippen molar-refractivity contribution in [1.29, 1.82) is 0 Å². The Morgan fingerprint density at radius 1 is 0.338 bits per heavy atom. The van der Waals surface area contributed by atoms with Crippen molar-refractivity contribution in [3.63, 3.8) is 0 Å². The van der Waals surface area contributed by atoms with Crippen LogP contribution in [0.3, 0.4) is 0 Å². The van der Waals surface area contributed by atoms with E-state index in [1.807, 2.05) is 199 Å². The Balaban J connectivity index is 0.000000131. The minimum absolute atomic E-state index is 0.00344. The van der Waals surface area contributed by atoms with Gasteiger partial charge in [0.15, 0.2) is 10.5 Å². The summed E-state index contributed by atoms with van der Waals surface area (Å²) in [5.74, 6) is 3.95. The highest BCUT2D eigenvalue weighted by Crippen LogP contribution is 2.58. The number of aromatic nitrogens is 11. The maximum atomic E-state index is 8.90. The van der Waals surface area contributed by atoms with E-state index in [0.29, 0.717) is 88.2 Å². The number of para-hydroxylation sites is 11. The van der Waals surface area contributed by atoms with Crippen LogP contribution in [0.5, 0.6) is 34.5 Å². The molecule has 3 aliphatic rings. The van der Waals surface area contributed by atoms with E-state index in [4.69, 9.17) is 81.9 Å². The number of thiazole rings is 1. The van der Waals surface area contributed by atoms with Crippen molar-refractivity contribution >= 4 is 93.4 Å². The van der Waals surface area contributed by atoms with Crippen LogP contribution in [-0.4, -0.2) is 52.7 Å². The highest BCUT2D eigenvalue weighted by Gasteiger charge is 2.42. The number of pyridine rings is 2. The van der Waals surface area contributed by atoms with Gasteiger partial charge in [0, 0.05) is 139 Å². The van der Waals surface area contributed by atoms with Gasteiger partial charge in [0.05, 0.1) is 88.3 Å². The molecule has 15 aromatic carbocycles. The van der Waals surface area contributed by atoms with Crippen molar-refractivity contribution in [2.75, 3.05) is 0 Å². The second-order valence-electron chi connectivity index (χ2n) is 40.3. The maximum Gasteiger partial charge on any atom is 0.307 e. The van der Waals surface area contributed by atoms with Gasteiger partial charge in [-0.2, -0.15) is 4.98 Å². The van der Waals surface area contributed by atoms with Gasteiger partial charge in [-0.15, -0.1) is 0 Å². The molecule has 27 rings (SSSR count). The first-order valence-electron chi connectivity index (χ1n) is 62.8. The summed E-state index contributed by atoms with van der Waals surface area (Å²) in [5, 5.41) is 0. The molecule has 726 valence electrons. The zero-order chi connectivity index (χ0) is 125. The molecule has 0 radical (unpaired) electrons. The minimum atomic E-state index is -2.80. The Labute approximate surface area is 904 Å². The Morgan fingerprint density at radius 3 is 1.26 bits per heavy atom. The van der Waals surface area contributed by atoms with Crippen LogP contribution in [0, 0.1) is 54.8 Å². The fourth-order valence-electron chi connectivity index (χ4n) is 22.0. The van der Waals surface area contributed by atoms with E-state index >= 15 is 0 Å². The summed E-state index contributed by atoms with van der Waals surface area (Å²) in [5.41, 5.74) is 14.7. The van der Waals surface area contributed by atoms with Gasteiger partial charge in [-0.05, 0) is 260 Å². The van der Waals surface area contributed by atoms with E-state index in [9.17, 15) is 0 Å². The Morgan fingerprint density at radius 2 is 0.750 bits per heavy atom. The first-order chi connectivity index (χ1) is 82.5. The fourth-order valence-corrected chi connectivity index (χ4v) is 23.2. The number of hydrogen-bond acceptors (Lipinski definition) is 12. The van der Waals surface area contributed by atoms with Crippen LogP contribution in [0.15, 0.2) is 320 Å². The fraction of sp³-hybridized carbons (Fsp3) is 0.189. The summed E-state index contributed by atoms with van der Waals surface area (Å²) in [6.07, 6.45) is -2.48. The number of benzene rings is 15. The van der Waals surface area contributed by atoms with Gasteiger partial charge in [-0.3, -0.25) is 13.2 Å². The molecule has 0 fully saturated rings. The lowest BCUT2D eigenvalue weighted by molar-refractivity contribution is 0.417. The summed E-state index contributed by atoms with van der Waals surface area (Å²) in [7, 11) is 0. The third-order valence-corrected chi connectivity index (χ3v) is 30.5. The van der Waals surface area contributed by atoms with Crippen molar-refractivity contribution < 1.29 is 57.0 Å². The molecule has 12 heterocycles. The van der Waals surface area contributed by atoms with Gasteiger partial charge in [-0.1, -0.05) is 288 Å². The van der Waals surface area contributed by atoms with E-state index < -0.39 is 83.8 Å². The number of fused-ring (bicyclic) bond motifs is 21. The van der Waals surface area contributed by atoms with Gasteiger partial charge < -0.3 is 18.6 Å². The van der Waals surface area contributed by atoms with E-state index in [0.717, 1.165) is 83.3 Å². The molecular weight excluding hydrogens is 1840 g/mol. The third-order valence-electron chi connectivity index (χ3n) is 29.4. The van der Waals surface area contributed by atoms with Crippen molar-refractivity contribution in [3.8, 4) is 130 Å². The van der Waals surface area contributed by atoms with Crippen LogP contribution in [0.25, 0.3) is 178 Å². The maximum absolute atomic E-state index is 8.90. The summed E-state index contributed by atoms with van der Waals surface area (Å²) in [6.45, 7) is -0.0934. The average Bonchev–Trinajstić information content (AvgIpc) is 0.836. The largest absolute Gasteiger partial charge is 0.456 e. The van der Waals surface area contributed by atoms with E-state index in [1.54, 1.807) is 83.4 Å². The zero-order valence-electron chi connectivity index (χ0n) is 110. The average molecular weight is 1980 g/mol. The van der Waals surface area contributed by atoms with Gasteiger partial charge in [0.2, 0.25) is 11.7 Å². The number of oxazole rings is 1. The molecule has 0 saturated heterocycles. The van der Waals surface area contributed by atoms with Crippen molar-refractivity contribution in [2.45, 2.75) is 165 Å². The lowest BCUT2D eigenvalue weighted by Crippen LogP contribution is -2.26. The zero-order valence-corrected chi connectivity index (χ0v) is 83.3. The standard InChI is InChI=1S/C44H39N5O.C44H37N3O2.C44H37N3OS/c1-26-20-21-28(38-31(43(3,4)5)22-23-32-40(38)50-37-19-13-8-14-30(37)44(32,6)7)24-29(26)39-27(2)25-45-41(47-39)49-36-18-12-11-17-35(36)48-34-16-10-9-15-33(34)46-42(48)49;2*1-7-28-20-23-36-42(49-43-46-33-13-9-10-14-35(33)47(36)43)39(28)29-19-16-25(2)30(24-29)40-27(4)18-22-34(45-40)38-26(3)17-21-32-41(38)48-37-15-11-8-12-31(37)44(32,5)6/h8-25H,1-7H3;2*8-24H,7H2,1-6H3/i1D3,2D3;2*2D3,3D3,4D3,7D2. The number of rotatable bonds is 11. The first-order valence-corrected chi connectivity index (χ1v) is 49.6. The molecule has 3 aliphatic heterocycles. The summed E-state index contributed by atoms with van der Waals surface area (Å²) >= 11 is 1.37. The SMILES string of the molecule is [2H]C([2H])([2H])c1ccc(-c2c(C(C)(C)C)ccc3c2Oc2ccccc2C3(C)C)cc1-c1nc(-n2c3ccccc3n3c4ccccc4nc23)ncc1C([2H])([2H])[2H].[2H]C([2H])([2H])c1ccc(-c2c(C([2H])([2H])C)ccc3c2oc2nc4ccccc4n23)cc1-c1nc(-c2c(C([2H])([2H])[2H])ccc3c2Oc2ccccc2C3(C)C)ccc1C([2H])([2H])[2H].[2H]C([2H])([2H])c1ccc(-c2c(C([2H])([2H])C)ccc3c2sc2nc4ccccc4n23)cc1-c1nc(-c2c(C([2H])([2H])[2H])ccc3c2Oc2ccccc2C3(C)C)ccc1C([2H])([2H])[2H]. The topological polar surface area (TPSA) is 149 Å². The smallest absolute Gasteiger partial charge is 0.307 e. The van der Waals surface area contributed by atoms with Gasteiger partial charge in [0.25, 0.3) is 0 Å². The molecule has 0 spiro atoms. The molecule has 0 saturated carbocycles. The Kier molecular flexibility index (Phi) is 15.6. The highest BCUT2D eigenvalue weighted by molar-refractivity contribution is 7.24. The van der Waals surface area contributed by atoms with Crippen LogP contribution in [0.2, 0.25) is 0 Å². The molecule has 24 aromatic rings. The summed E-state index contributed by atoms with van der Waals surface area (Å²) < 4.78 is 277. The second kappa shape index (κ2) is 34.8. The molecular formula is C132H113N11O4S. The molecule has 0 N–H and O–H groups in total. The summed E-state index contributed by atoms with van der Waals surface area (Å²) in [6, 6.07) is 91.1. The number of imidazole rings is 4. The number of aryl methyl sites for hydroxylation is 10. The monoisotopic (exact) mass is 1980 g/mol. The molecule has 9 aromatic heterocycles. The van der Waals surface area contributed by atoms with Crippen LogP contribution in [0.1, 0.15) is 209 Å². The van der Waals surface area contributed by atoms with Gasteiger partial charge in [-0.25, -0.2) is 34.5 Å². The van der Waals surface area contributed by atoms with Crippen molar-refractivity contribution in [2.24, 2.45) is 0 Å². The molecule has 148 heavy (non-hydrogen) atoms. The predicted octanol–water partition coefficient (Wildman–Crippen LogP) is 34.5. The van der Waals surface area contributed by atoms with Crippen molar-refractivity contribution in [3.05, 3.63) is 410 Å². The van der Waals surface area contributed by atoms with Crippen LogP contribution >= 0.6 is 11.3 Å². The minimum Gasteiger partial charge on any atom is -0.456 e. The normalized spacial score (nSPS) is 17.3. The molecule has 0 aliphatic carbocycles. The third kappa shape index (κ3) is 14.6. The number of hydrogen-bond donors (Lipinski definition) is 0. The predicted molar refractivity (Wildman–Crippen MR) is 606 cm³/mol. The number of nitrogens with zero attached hydrogens (tertiary/aromatic N) is 11. The van der Waals surface area contributed by atoms with Gasteiger partial charge in [0.1, 0.15) is 34.5 Å². The molecule has 15 nitrogen and oxygen atoms in total. The van der Waals surface area contributed by atoms with Crippen LogP contribution in [-0.2, 0) is 34.4 Å². The lowest BCUT2D eigenvalue weighted by atomic mass is 9.72. The lowest BCUT2D eigenvalue weighted by Gasteiger charge is -2.37. The molecule has 0 bridgehead atoms. The number of ether oxygens (including phenoxy) is 3.